The zero-order chi connectivity index (χ0) is 12.2. The predicted octanol–water partition coefficient (Wildman–Crippen LogP) is 0.481. The maximum Gasteiger partial charge on any atom is 0.190 e. The van der Waals surface area contributed by atoms with E-state index in [1.54, 1.807) is 12.3 Å². The molecular weight excluding hydrogens is 250 g/mol. The van der Waals surface area contributed by atoms with E-state index in [0.29, 0.717) is 0 Å². The van der Waals surface area contributed by atoms with Gasteiger partial charge < -0.3 is 15.5 Å². The van der Waals surface area contributed by atoms with Crippen LogP contribution >= 0.6 is 11.7 Å². The Hall–Kier alpha value is -1.80. The summed E-state index contributed by atoms with van der Waals surface area (Å²) in [4.78, 5) is 10.2. The van der Waals surface area contributed by atoms with E-state index < -0.39 is 0 Å². The van der Waals surface area contributed by atoms with Crippen LogP contribution in [0.15, 0.2) is 18.6 Å². The Morgan fingerprint density at radius 3 is 2.94 bits per heavy atom. The fraction of sp³-hybridized carbons (Fsp3) is 0.400. The first-order chi connectivity index (χ1) is 8.93. The number of aromatic nitrogens is 4. The third-order valence-electron chi connectivity index (χ3n) is 2.72. The molecule has 18 heavy (non-hydrogen) atoms. The molecule has 0 aliphatic carbocycles. The average molecular weight is 263 g/mol. The Balaban J connectivity index is 1.78. The molecule has 0 atom stereocenters. The van der Waals surface area contributed by atoms with Gasteiger partial charge in [-0.2, -0.15) is 8.75 Å². The van der Waals surface area contributed by atoms with Crippen molar-refractivity contribution in [2.45, 2.75) is 0 Å². The summed E-state index contributed by atoms with van der Waals surface area (Å²) in [5.74, 6) is 2.40. The third kappa shape index (κ3) is 2.39. The number of nitrogens with zero attached hydrogens (tertiary/aromatic N) is 5. The van der Waals surface area contributed by atoms with Crippen molar-refractivity contribution in [2.75, 3.05) is 36.4 Å². The molecular formula is C10H13N7S. The minimum absolute atomic E-state index is 0.731. The highest BCUT2D eigenvalue weighted by atomic mass is 32.1. The normalized spacial score (nSPS) is 15.7. The zero-order valence-electron chi connectivity index (χ0n) is 9.70. The molecule has 1 aliphatic heterocycles. The molecule has 0 amide bonds. The van der Waals surface area contributed by atoms with Crippen LogP contribution in [-0.2, 0) is 0 Å². The summed E-state index contributed by atoms with van der Waals surface area (Å²) in [6.45, 7) is 3.85. The molecule has 2 N–H and O–H groups in total. The average Bonchev–Trinajstić information content (AvgIpc) is 2.89. The summed E-state index contributed by atoms with van der Waals surface area (Å²) in [5, 5.41) is 6.49. The Labute approximate surface area is 109 Å². The molecule has 2 aromatic heterocycles. The summed E-state index contributed by atoms with van der Waals surface area (Å²) in [6, 6.07) is 1.81. The number of nitrogens with one attached hydrogen (secondary N) is 2. The fourth-order valence-corrected chi connectivity index (χ4v) is 2.36. The molecule has 2 aromatic rings. The van der Waals surface area contributed by atoms with Crippen molar-refractivity contribution in [3.8, 4) is 0 Å². The molecule has 1 aliphatic rings. The van der Waals surface area contributed by atoms with Crippen LogP contribution in [0.1, 0.15) is 0 Å². The van der Waals surface area contributed by atoms with Crippen molar-refractivity contribution in [2.24, 2.45) is 0 Å². The number of piperazine rings is 1. The first-order valence-electron chi connectivity index (χ1n) is 5.75. The van der Waals surface area contributed by atoms with E-state index in [1.807, 2.05) is 0 Å². The van der Waals surface area contributed by atoms with Crippen LogP contribution in [0.4, 0.5) is 17.5 Å². The second-order valence-electron chi connectivity index (χ2n) is 3.89. The van der Waals surface area contributed by atoms with Crippen LogP contribution in [-0.4, -0.2) is 44.9 Å². The monoisotopic (exact) mass is 263 g/mol. The summed E-state index contributed by atoms with van der Waals surface area (Å²) in [6.07, 6.45) is 3.20. The van der Waals surface area contributed by atoms with Crippen molar-refractivity contribution in [1.29, 1.82) is 0 Å². The van der Waals surface area contributed by atoms with Gasteiger partial charge in [0.1, 0.15) is 12.1 Å². The van der Waals surface area contributed by atoms with E-state index in [9.17, 15) is 0 Å². The van der Waals surface area contributed by atoms with Gasteiger partial charge in [0, 0.05) is 32.4 Å². The van der Waals surface area contributed by atoms with E-state index >= 15 is 0 Å². The summed E-state index contributed by atoms with van der Waals surface area (Å²) < 4.78 is 8.64. The zero-order valence-corrected chi connectivity index (χ0v) is 10.5. The number of hydrogen-bond donors (Lipinski definition) is 2. The molecule has 0 radical (unpaired) electrons. The fourth-order valence-electron chi connectivity index (χ4n) is 1.83. The number of rotatable bonds is 3. The van der Waals surface area contributed by atoms with E-state index in [1.165, 1.54) is 18.1 Å². The van der Waals surface area contributed by atoms with Crippen molar-refractivity contribution in [3.05, 3.63) is 18.6 Å². The van der Waals surface area contributed by atoms with Gasteiger partial charge in [-0.3, -0.25) is 0 Å². The molecule has 7 nitrogen and oxygen atoms in total. The van der Waals surface area contributed by atoms with Crippen LogP contribution < -0.4 is 15.5 Å². The second kappa shape index (κ2) is 5.23. The Bertz CT molecular complexity index is 494. The lowest BCUT2D eigenvalue weighted by molar-refractivity contribution is 0.586. The highest BCUT2D eigenvalue weighted by Gasteiger charge is 2.18. The van der Waals surface area contributed by atoms with E-state index in [0.717, 1.165) is 43.6 Å². The van der Waals surface area contributed by atoms with Gasteiger partial charge >= 0.3 is 0 Å². The van der Waals surface area contributed by atoms with Gasteiger partial charge in [-0.25, -0.2) is 9.97 Å². The quantitative estimate of drug-likeness (QED) is 0.834. The maximum absolute atomic E-state index is 4.36. The van der Waals surface area contributed by atoms with Crippen LogP contribution in [0.25, 0.3) is 0 Å². The molecule has 0 spiro atoms. The van der Waals surface area contributed by atoms with Crippen molar-refractivity contribution >= 4 is 29.2 Å². The third-order valence-corrected chi connectivity index (χ3v) is 3.23. The van der Waals surface area contributed by atoms with Gasteiger partial charge in [0.05, 0.1) is 11.7 Å². The summed E-state index contributed by atoms with van der Waals surface area (Å²) >= 11 is 1.21. The lowest BCUT2D eigenvalue weighted by atomic mass is 10.3. The summed E-state index contributed by atoms with van der Waals surface area (Å²) in [7, 11) is 0. The molecule has 0 unspecified atom stereocenters. The van der Waals surface area contributed by atoms with Crippen LogP contribution in [0.5, 0.6) is 0 Å². The van der Waals surface area contributed by atoms with Crippen molar-refractivity contribution in [3.63, 3.8) is 0 Å². The van der Waals surface area contributed by atoms with Gasteiger partial charge in [0.15, 0.2) is 11.6 Å². The van der Waals surface area contributed by atoms with Crippen molar-refractivity contribution in [1.82, 2.24) is 24.0 Å². The smallest absolute Gasteiger partial charge is 0.190 e. The van der Waals surface area contributed by atoms with Gasteiger partial charge in [0.25, 0.3) is 0 Å². The lowest BCUT2D eigenvalue weighted by Gasteiger charge is -2.27. The van der Waals surface area contributed by atoms with Gasteiger partial charge in [-0.15, -0.1) is 0 Å². The Kier molecular flexibility index (Phi) is 3.29. The molecule has 1 fully saturated rings. The molecule has 0 saturated carbocycles. The number of anilines is 3. The van der Waals surface area contributed by atoms with E-state index in [4.69, 9.17) is 0 Å². The predicted molar refractivity (Wildman–Crippen MR) is 70.3 cm³/mol. The van der Waals surface area contributed by atoms with Crippen molar-refractivity contribution < 1.29 is 0 Å². The summed E-state index contributed by atoms with van der Waals surface area (Å²) in [5.41, 5.74) is 0. The molecule has 1 saturated heterocycles. The molecule has 0 bridgehead atoms. The van der Waals surface area contributed by atoms with E-state index in [2.05, 4.69) is 34.2 Å². The first-order valence-corrected chi connectivity index (χ1v) is 6.48. The van der Waals surface area contributed by atoms with Crippen LogP contribution in [0, 0.1) is 0 Å². The van der Waals surface area contributed by atoms with Crippen LogP contribution in [0.3, 0.4) is 0 Å². The second-order valence-corrected chi connectivity index (χ2v) is 4.42. The Morgan fingerprint density at radius 1 is 1.28 bits per heavy atom. The standard InChI is InChI=1S/C10H13N7S/c1-2-12-7-13-8(1)14-9-10(16-18-15-9)17-5-3-11-4-6-17/h1-2,7,11H,3-6H2,(H,12,13,14,15). The molecule has 3 rings (SSSR count). The SMILES string of the molecule is c1cc(Nc2nsnc2N2CCNCC2)ncn1. The minimum Gasteiger partial charge on any atom is -0.350 e. The maximum atomic E-state index is 4.36. The van der Waals surface area contributed by atoms with Gasteiger partial charge in [-0.1, -0.05) is 0 Å². The largest absolute Gasteiger partial charge is 0.350 e. The number of hydrogen-bond acceptors (Lipinski definition) is 8. The molecule has 8 heteroatoms. The molecule has 0 aromatic carbocycles. The lowest BCUT2D eigenvalue weighted by Crippen LogP contribution is -2.43. The highest BCUT2D eigenvalue weighted by molar-refractivity contribution is 6.99. The van der Waals surface area contributed by atoms with Gasteiger partial charge in [0.2, 0.25) is 0 Å². The van der Waals surface area contributed by atoms with Gasteiger partial charge in [-0.05, 0) is 6.07 Å². The first kappa shape index (κ1) is 11.3. The highest BCUT2D eigenvalue weighted by Crippen LogP contribution is 2.25. The topological polar surface area (TPSA) is 78.9 Å². The molecule has 94 valence electrons. The Morgan fingerprint density at radius 2 is 2.17 bits per heavy atom. The molecule has 3 heterocycles. The van der Waals surface area contributed by atoms with Crippen LogP contribution in [0.2, 0.25) is 0 Å². The van der Waals surface area contributed by atoms with E-state index in [-0.39, 0.29) is 0 Å². The minimum atomic E-state index is 0.731.